The van der Waals surface area contributed by atoms with E-state index in [1.165, 1.54) is 4.90 Å². The Morgan fingerprint density at radius 2 is 1.78 bits per heavy atom. The number of hydrogen-bond donors (Lipinski definition) is 2. The van der Waals surface area contributed by atoms with Crippen LogP contribution >= 0.6 is 0 Å². The molecule has 102 valence electrons. The van der Waals surface area contributed by atoms with E-state index in [1.54, 1.807) is 27.0 Å². The lowest BCUT2D eigenvalue weighted by Crippen LogP contribution is -2.45. The zero-order valence-corrected chi connectivity index (χ0v) is 11.1. The van der Waals surface area contributed by atoms with Crippen LogP contribution in [0.25, 0.3) is 0 Å². The summed E-state index contributed by atoms with van der Waals surface area (Å²) < 4.78 is 0. The van der Waals surface area contributed by atoms with E-state index >= 15 is 0 Å². The van der Waals surface area contributed by atoms with Gasteiger partial charge in [-0.3, -0.25) is 9.59 Å². The van der Waals surface area contributed by atoms with E-state index in [9.17, 15) is 14.7 Å². The maximum absolute atomic E-state index is 12.2. The lowest BCUT2D eigenvalue weighted by Gasteiger charge is -2.31. The molecule has 0 saturated heterocycles. The Labute approximate surface area is 107 Å². The topological polar surface area (TPSA) is 77.8 Å². The lowest BCUT2D eigenvalue weighted by atomic mass is 9.82. The number of likely N-dealkylation sites (N-methyl/N-ethyl adjacent to an activating group) is 1. The first-order valence-electron chi connectivity index (χ1n) is 6.07. The summed E-state index contributed by atoms with van der Waals surface area (Å²) in [5.74, 6) is -2.34. The average Bonchev–Trinajstić information content (AvgIpc) is 2.25. The Balaban J connectivity index is 2.75. The summed E-state index contributed by atoms with van der Waals surface area (Å²) in [6.07, 6.45) is 4.49. The van der Waals surface area contributed by atoms with Gasteiger partial charge in [0.2, 0.25) is 5.91 Å². The zero-order valence-electron chi connectivity index (χ0n) is 11.1. The highest BCUT2D eigenvalue weighted by atomic mass is 16.4. The molecule has 18 heavy (non-hydrogen) atoms. The smallest absolute Gasteiger partial charge is 0.307 e. The maximum atomic E-state index is 12.2. The molecule has 0 aromatic heterocycles. The van der Waals surface area contributed by atoms with Crippen molar-refractivity contribution in [2.75, 3.05) is 13.6 Å². The van der Waals surface area contributed by atoms with Gasteiger partial charge in [-0.05, 0) is 26.7 Å². The van der Waals surface area contributed by atoms with Crippen LogP contribution in [0, 0.1) is 11.8 Å². The van der Waals surface area contributed by atoms with Crippen molar-refractivity contribution in [2.24, 2.45) is 11.8 Å². The maximum Gasteiger partial charge on any atom is 0.307 e. The van der Waals surface area contributed by atoms with Crippen molar-refractivity contribution in [3.63, 3.8) is 0 Å². The largest absolute Gasteiger partial charge is 0.481 e. The van der Waals surface area contributed by atoms with Crippen LogP contribution in [0.4, 0.5) is 0 Å². The summed E-state index contributed by atoms with van der Waals surface area (Å²) in [5.41, 5.74) is -0.979. The van der Waals surface area contributed by atoms with Crippen LogP contribution in [-0.4, -0.2) is 46.2 Å². The van der Waals surface area contributed by atoms with Gasteiger partial charge in [0.15, 0.2) is 0 Å². The number of rotatable bonds is 4. The van der Waals surface area contributed by atoms with Crippen molar-refractivity contribution in [2.45, 2.75) is 32.3 Å². The van der Waals surface area contributed by atoms with Gasteiger partial charge in [-0.15, -0.1) is 0 Å². The van der Waals surface area contributed by atoms with Crippen LogP contribution in [0.1, 0.15) is 26.7 Å². The molecule has 0 fully saturated rings. The second-order valence-corrected chi connectivity index (χ2v) is 5.50. The standard InChI is InChI=1S/C13H21NO4/c1-13(2,18)8-14(3)11(15)9-6-4-5-7-10(9)12(16)17/h4-5,9-10,18H,6-8H2,1-3H3,(H,16,17). The van der Waals surface area contributed by atoms with Crippen LogP contribution in [0.2, 0.25) is 0 Å². The molecule has 0 saturated carbocycles. The number of nitrogens with zero attached hydrogens (tertiary/aromatic N) is 1. The molecule has 0 heterocycles. The van der Waals surface area contributed by atoms with E-state index in [2.05, 4.69) is 0 Å². The first-order chi connectivity index (χ1) is 8.22. The monoisotopic (exact) mass is 255 g/mol. The van der Waals surface area contributed by atoms with E-state index in [0.717, 1.165) is 0 Å². The Hall–Kier alpha value is -1.36. The predicted molar refractivity (Wildman–Crippen MR) is 66.9 cm³/mol. The second-order valence-electron chi connectivity index (χ2n) is 5.50. The van der Waals surface area contributed by atoms with Gasteiger partial charge >= 0.3 is 5.97 Å². The van der Waals surface area contributed by atoms with Crippen LogP contribution in [-0.2, 0) is 9.59 Å². The number of aliphatic carboxylic acids is 1. The number of aliphatic hydroxyl groups is 1. The van der Waals surface area contributed by atoms with Crippen molar-refractivity contribution in [3.8, 4) is 0 Å². The van der Waals surface area contributed by atoms with E-state index in [0.29, 0.717) is 12.8 Å². The molecule has 0 radical (unpaired) electrons. The molecule has 5 heteroatoms. The summed E-state index contributed by atoms with van der Waals surface area (Å²) in [5, 5.41) is 18.8. The number of amides is 1. The summed E-state index contributed by atoms with van der Waals surface area (Å²) >= 11 is 0. The van der Waals surface area contributed by atoms with E-state index < -0.39 is 23.4 Å². The molecule has 0 aliphatic heterocycles. The Morgan fingerprint density at radius 3 is 2.22 bits per heavy atom. The lowest BCUT2D eigenvalue weighted by molar-refractivity contribution is -0.151. The molecule has 2 atom stereocenters. The van der Waals surface area contributed by atoms with Crippen molar-refractivity contribution in [1.29, 1.82) is 0 Å². The Morgan fingerprint density at radius 1 is 1.28 bits per heavy atom. The minimum absolute atomic E-state index is 0.193. The van der Waals surface area contributed by atoms with E-state index in [1.807, 2.05) is 6.08 Å². The minimum Gasteiger partial charge on any atom is -0.481 e. The molecular weight excluding hydrogens is 234 g/mol. The van der Waals surface area contributed by atoms with Gasteiger partial charge in [-0.25, -0.2) is 0 Å². The molecule has 1 amide bonds. The van der Waals surface area contributed by atoms with Crippen molar-refractivity contribution in [3.05, 3.63) is 12.2 Å². The van der Waals surface area contributed by atoms with Crippen molar-refractivity contribution >= 4 is 11.9 Å². The molecule has 0 spiro atoms. The molecule has 1 aliphatic carbocycles. The van der Waals surface area contributed by atoms with Crippen LogP contribution in [0.5, 0.6) is 0 Å². The number of carbonyl (C=O) groups excluding carboxylic acids is 1. The number of hydrogen-bond acceptors (Lipinski definition) is 3. The molecule has 2 unspecified atom stereocenters. The third kappa shape index (κ3) is 3.84. The van der Waals surface area contributed by atoms with Gasteiger partial charge in [-0.2, -0.15) is 0 Å². The van der Waals surface area contributed by atoms with E-state index in [-0.39, 0.29) is 12.5 Å². The summed E-state index contributed by atoms with van der Waals surface area (Å²) in [7, 11) is 1.59. The van der Waals surface area contributed by atoms with Gasteiger partial charge in [-0.1, -0.05) is 12.2 Å². The molecular formula is C13H21NO4. The van der Waals surface area contributed by atoms with Crippen LogP contribution < -0.4 is 0 Å². The Bertz CT molecular complexity index is 356. The van der Waals surface area contributed by atoms with Gasteiger partial charge in [0.1, 0.15) is 0 Å². The molecule has 0 bridgehead atoms. The molecule has 1 aliphatic rings. The third-order valence-electron chi connectivity index (χ3n) is 3.07. The molecule has 1 rings (SSSR count). The van der Waals surface area contributed by atoms with Crippen molar-refractivity contribution in [1.82, 2.24) is 4.90 Å². The second kappa shape index (κ2) is 5.52. The fourth-order valence-electron chi connectivity index (χ4n) is 2.30. The summed E-state index contributed by atoms with van der Waals surface area (Å²) in [6, 6.07) is 0. The summed E-state index contributed by atoms with van der Waals surface area (Å²) in [4.78, 5) is 24.7. The highest BCUT2D eigenvalue weighted by Crippen LogP contribution is 2.27. The predicted octanol–water partition coefficient (Wildman–Crippen LogP) is 0.883. The van der Waals surface area contributed by atoms with Gasteiger partial charge < -0.3 is 15.1 Å². The van der Waals surface area contributed by atoms with Gasteiger partial charge in [0.25, 0.3) is 0 Å². The highest BCUT2D eigenvalue weighted by Gasteiger charge is 2.36. The SMILES string of the molecule is CN(CC(C)(C)O)C(=O)C1CC=CCC1C(=O)O. The fourth-order valence-corrected chi connectivity index (χ4v) is 2.30. The minimum atomic E-state index is -0.979. The summed E-state index contributed by atoms with van der Waals surface area (Å²) in [6.45, 7) is 3.43. The molecule has 2 N–H and O–H groups in total. The zero-order chi connectivity index (χ0) is 13.9. The molecule has 0 aromatic rings. The number of carboxylic acid groups (broad SMARTS) is 1. The number of carboxylic acids is 1. The van der Waals surface area contributed by atoms with Gasteiger partial charge in [0.05, 0.1) is 17.4 Å². The van der Waals surface area contributed by atoms with Crippen LogP contribution in [0.15, 0.2) is 12.2 Å². The Kier molecular flexibility index (Phi) is 4.51. The first kappa shape index (κ1) is 14.7. The first-order valence-corrected chi connectivity index (χ1v) is 6.07. The number of allylic oxidation sites excluding steroid dienone is 2. The molecule has 0 aromatic carbocycles. The third-order valence-corrected chi connectivity index (χ3v) is 3.07. The van der Waals surface area contributed by atoms with E-state index in [4.69, 9.17) is 5.11 Å². The van der Waals surface area contributed by atoms with Crippen LogP contribution in [0.3, 0.4) is 0 Å². The van der Waals surface area contributed by atoms with Crippen molar-refractivity contribution < 1.29 is 19.8 Å². The molecule has 5 nitrogen and oxygen atoms in total. The number of carbonyl (C=O) groups is 2. The highest BCUT2D eigenvalue weighted by molar-refractivity contribution is 5.85. The average molecular weight is 255 g/mol. The fraction of sp³-hybridized carbons (Fsp3) is 0.692. The van der Waals surface area contributed by atoms with Gasteiger partial charge in [0, 0.05) is 13.6 Å². The quantitative estimate of drug-likeness (QED) is 0.731. The normalized spacial score (nSPS) is 23.8.